The number of nitrogens with zero attached hydrogens (tertiary/aromatic N) is 1. The van der Waals surface area contributed by atoms with Gasteiger partial charge >= 0.3 is 0 Å². The van der Waals surface area contributed by atoms with Crippen LogP contribution in [0.4, 0.5) is 0 Å². The summed E-state index contributed by atoms with van der Waals surface area (Å²) in [6, 6.07) is 0.853. The van der Waals surface area contributed by atoms with Gasteiger partial charge in [0.1, 0.15) is 0 Å². The predicted octanol–water partition coefficient (Wildman–Crippen LogP) is 1.88. The first kappa shape index (κ1) is 13.9. The SMILES string of the molecule is CN(CCOCCCNC(C)(C)C)C1CC1. The van der Waals surface area contributed by atoms with E-state index < -0.39 is 0 Å². The molecule has 0 aromatic rings. The molecule has 1 saturated carbocycles. The fourth-order valence-electron chi connectivity index (χ4n) is 1.65. The fraction of sp³-hybridized carbons (Fsp3) is 1.00. The summed E-state index contributed by atoms with van der Waals surface area (Å²) in [5.41, 5.74) is 0.228. The summed E-state index contributed by atoms with van der Waals surface area (Å²) in [6.07, 6.45) is 3.86. The highest BCUT2D eigenvalue weighted by Gasteiger charge is 2.25. The van der Waals surface area contributed by atoms with Gasteiger partial charge in [-0.15, -0.1) is 0 Å². The minimum atomic E-state index is 0.228. The predicted molar refractivity (Wildman–Crippen MR) is 68.8 cm³/mol. The minimum Gasteiger partial charge on any atom is -0.380 e. The van der Waals surface area contributed by atoms with Crippen LogP contribution in [0.5, 0.6) is 0 Å². The molecule has 0 aromatic carbocycles. The normalized spacial score (nSPS) is 17.1. The second kappa shape index (κ2) is 6.58. The molecule has 0 spiro atoms. The molecule has 1 aliphatic rings. The van der Waals surface area contributed by atoms with Crippen molar-refractivity contribution in [2.75, 3.05) is 33.4 Å². The van der Waals surface area contributed by atoms with Crippen molar-refractivity contribution in [2.45, 2.75) is 51.6 Å². The van der Waals surface area contributed by atoms with Crippen molar-refractivity contribution in [2.24, 2.45) is 0 Å². The number of likely N-dealkylation sites (N-methyl/N-ethyl adjacent to an activating group) is 1. The quantitative estimate of drug-likeness (QED) is 0.642. The Kier molecular flexibility index (Phi) is 5.73. The summed E-state index contributed by atoms with van der Waals surface area (Å²) >= 11 is 0. The Hall–Kier alpha value is -0.120. The molecule has 0 amide bonds. The van der Waals surface area contributed by atoms with E-state index in [4.69, 9.17) is 4.74 Å². The van der Waals surface area contributed by atoms with E-state index in [0.29, 0.717) is 0 Å². The van der Waals surface area contributed by atoms with Gasteiger partial charge < -0.3 is 15.0 Å². The topological polar surface area (TPSA) is 24.5 Å². The van der Waals surface area contributed by atoms with Crippen LogP contribution in [0.25, 0.3) is 0 Å². The molecule has 1 rings (SSSR count). The van der Waals surface area contributed by atoms with E-state index >= 15 is 0 Å². The van der Waals surface area contributed by atoms with Crippen molar-refractivity contribution in [3.63, 3.8) is 0 Å². The molecule has 0 unspecified atom stereocenters. The number of ether oxygens (including phenoxy) is 1. The zero-order chi connectivity index (χ0) is 12.0. The molecule has 16 heavy (non-hydrogen) atoms. The van der Waals surface area contributed by atoms with Crippen LogP contribution in [0.3, 0.4) is 0 Å². The van der Waals surface area contributed by atoms with E-state index in [1.807, 2.05) is 0 Å². The van der Waals surface area contributed by atoms with E-state index in [9.17, 15) is 0 Å². The first-order chi connectivity index (χ1) is 7.49. The number of nitrogens with one attached hydrogen (secondary N) is 1. The third-order valence-corrected chi connectivity index (χ3v) is 2.88. The third-order valence-electron chi connectivity index (χ3n) is 2.88. The van der Waals surface area contributed by atoms with Crippen LogP contribution < -0.4 is 5.32 Å². The summed E-state index contributed by atoms with van der Waals surface area (Å²) < 4.78 is 5.62. The number of hydrogen-bond acceptors (Lipinski definition) is 3. The molecule has 1 N–H and O–H groups in total. The van der Waals surface area contributed by atoms with Crippen molar-refractivity contribution in [1.29, 1.82) is 0 Å². The second-order valence-electron chi connectivity index (χ2n) is 5.85. The lowest BCUT2D eigenvalue weighted by Gasteiger charge is -2.20. The molecular weight excluding hydrogens is 200 g/mol. The van der Waals surface area contributed by atoms with Crippen molar-refractivity contribution >= 4 is 0 Å². The van der Waals surface area contributed by atoms with Crippen molar-refractivity contribution in [3.8, 4) is 0 Å². The van der Waals surface area contributed by atoms with Crippen LogP contribution in [0.1, 0.15) is 40.0 Å². The van der Waals surface area contributed by atoms with Gasteiger partial charge in [-0.05, 0) is 53.6 Å². The van der Waals surface area contributed by atoms with E-state index in [0.717, 1.165) is 38.8 Å². The summed E-state index contributed by atoms with van der Waals surface area (Å²) in [5.74, 6) is 0. The van der Waals surface area contributed by atoms with E-state index in [2.05, 4.69) is 38.0 Å². The molecule has 0 saturated heterocycles. The maximum atomic E-state index is 5.62. The smallest absolute Gasteiger partial charge is 0.0593 e. The lowest BCUT2D eigenvalue weighted by molar-refractivity contribution is 0.107. The Labute approximate surface area is 101 Å². The summed E-state index contributed by atoms with van der Waals surface area (Å²) in [4.78, 5) is 2.41. The van der Waals surface area contributed by atoms with Gasteiger partial charge in [-0.25, -0.2) is 0 Å². The van der Waals surface area contributed by atoms with Gasteiger partial charge in [-0.3, -0.25) is 0 Å². The Morgan fingerprint density at radius 1 is 1.25 bits per heavy atom. The second-order valence-corrected chi connectivity index (χ2v) is 5.85. The fourth-order valence-corrected chi connectivity index (χ4v) is 1.65. The average Bonchev–Trinajstić information content (AvgIpc) is 2.97. The van der Waals surface area contributed by atoms with Crippen molar-refractivity contribution in [3.05, 3.63) is 0 Å². The Morgan fingerprint density at radius 3 is 2.50 bits per heavy atom. The van der Waals surface area contributed by atoms with Gasteiger partial charge in [0.05, 0.1) is 6.61 Å². The monoisotopic (exact) mass is 228 g/mol. The van der Waals surface area contributed by atoms with E-state index in [1.54, 1.807) is 0 Å². The molecule has 1 fully saturated rings. The Morgan fingerprint density at radius 2 is 1.94 bits per heavy atom. The van der Waals surface area contributed by atoms with Crippen LogP contribution in [-0.2, 0) is 4.74 Å². The first-order valence-corrected chi connectivity index (χ1v) is 6.52. The lowest BCUT2D eigenvalue weighted by Crippen LogP contribution is -2.36. The maximum Gasteiger partial charge on any atom is 0.0593 e. The van der Waals surface area contributed by atoms with Gasteiger partial charge in [0.2, 0.25) is 0 Å². The molecule has 1 aliphatic carbocycles. The molecule has 96 valence electrons. The summed E-state index contributed by atoms with van der Waals surface area (Å²) in [6.45, 7) is 10.5. The molecule has 0 radical (unpaired) electrons. The van der Waals surface area contributed by atoms with Gasteiger partial charge in [-0.1, -0.05) is 0 Å². The zero-order valence-corrected chi connectivity index (χ0v) is 11.4. The van der Waals surface area contributed by atoms with Crippen LogP contribution in [0, 0.1) is 0 Å². The van der Waals surface area contributed by atoms with Gasteiger partial charge in [0, 0.05) is 24.7 Å². The molecule has 3 heteroatoms. The Balaban J connectivity index is 1.81. The number of rotatable bonds is 8. The van der Waals surface area contributed by atoms with Gasteiger partial charge in [0.15, 0.2) is 0 Å². The van der Waals surface area contributed by atoms with E-state index in [1.165, 1.54) is 12.8 Å². The van der Waals surface area contributed by atoms with Crippen molar-refractivity contribution < 1.29 is 4.74 Å². The summed E-state index contributed by atoms with van der Waals surface area (Å²) in [7, 11) is 2.20. The minimum absolute atomic E-state index is 0.228. The van der Waals surface area contributed by atoms with Crippen LogP contribution in [-0.4, -0.2) is 49.8 Å². The molecule has 0 aromatic heterocycles. The van der Waals surface area contributed by atoms with Crippen LogP contribution >= 0.6 is 0 Å². The van der Waals surface area contributed by atoms with Crippen molar-refractivity contribution in [1.82, 2.24) is 10.2 Å². The van der Waals surface area contributed by atoms with Crippen LogP contribution in [0.2, 0.25) is 0 Å². The molecule has 0 heterocycles. The number of hydrogen-bond donors (Lipinski definition) is 1. The van der Waals surface area contributed by atoms with E-state index in [-0.39, 0.29) is 5.54 Å². The average molecular weight is 228 g/mol. The van der Waals surface area contributed by atoms with Gasteiger partial charge in [-0.2, -0.15) is 0 Å². The third kappa shape index (κ3) is 7.20. The summed E-state index contributed by atoms with van der Waals surface area (Å²) in [5, 5.41) is 3.46. The molecule has 0 atom stereocenters. The molecule has 0 bridgehead atoms. The highest BCUT2D eigenvalue weighted by atomic mass is 16.5. The highest BCUT2D eigenvalue weighted by Crippen LogP contribution is 2.24. The maximum absolute atomic E-state index is 5.62. The molecule has 0 aliphatic heterocycles. The Bertz CT molecular complexity index is 185. The lowest BCUT2D eigenvalue weighted by atomic mass is 10.1. The molecule has 3 nitrogen and oxygen atoms in total. The first-order valence-electron chi connectivity index (χ1n) is 6.52. The van der Waals surface area contributed by atoms with Gasteiger partial charge in [0.25, 0.3) is 0 Å². The highest BCUT2D eigenvalue weighted by molar-refractivity contribution is 4.82. The standard InChI is InChI=1S/C13H28N2O/c1-13(2,3)14-8-5-10-16-11-9-15(4)12-6-7-12/h12,14H,5-11H2,1-4H3. The zero-order valence-electron chi connectivity index (χ0n) is 11.4. The largest absolute Gasteiger partial charge is 0.380 e. The van der Waals surface area contributed by atoms with Crippen LogP contribution in [0.15, 0.2) is 0 Å². The molecular formula is C13H28N2O.